The van der Waals surface area contributed by atoms with Crippen LogP contribution in [0.2, 0.25) is 0 Å². The fraction of sp³-hybridized carbons (Fsp3) is 0.269. The molecule has 1 aromatic heterocycles. The van der Waals surface area contributed by atoms with Gasteiger partial charge in [0.05, 0.1) is 13.2 Å². The standard InChI is InChI=1S/C26H28N4O4/c1-19-4-2-5-20(18-19)24(31)28-21-7-9-22(10-8-21)30-12-3-6-23(26(30)33)25(32)27-11-13-29-14-16-34-17-15-29/h2-10,12,18H,11,13-17H2,1H3,(H,27,32)(H,28,31). The van der Waals surface area contributed by atoms with Gasteiger partial charge in [-0.05, 0) is 55.5 Å². The largest absolute Gasteiger partial charge is 0.379 e. The molecule has 2 aromatic carbocycles. The lowest BCUT2D eigenvalue weighted by Gasteiger charge is -2.26. The number of carbonyl (C=O) groups excluding carboxylic acids is 2. The van der Waals surface area contributed by atoms with Crippen molar-refractivity contribution in [2.45, 2.75) is 6.92 Å². The molecule has 0 saturated carbocycles. The highest BCUT2D eigenvalue weighted by Gasteiger charge is 2.15. The molecule has 8 heteroatoms. The van der Waals surface area contributed by atoms with Gasteiger partial charge >= 0.3 is 0 Å². The zero-order valence-electron chi connectivity index (χ0n) is 19.1. The molecular formula is C26H28N4O4. The third kappa shape index (κ3) is 5.78. The second-order valence-corrected chi connectivity index (χ2v) is 8.18. The van der Waals surface area contributed by atoms with Crippen LogP contribution in [0.1, 0.15) is 26.3 Å². The molecule has 1 aliphatic rings. The molecule has 3 aromatic rings. The second kappa shape index (κ2) is 10.9. The number of anilines is 1. The van der Waals surface area contributed by atoms with Crippen molar-refractivity contribution in [3.63, 3.8) is 0 Å². The number of hydrogen-bond donors (Lipinski definition) is 2. The minimum Gasteiger partial charge on any atom is -0.379 e. The predicted molar refractivity (Wildman–Crippen MR) is 131 cm³/mol. The molecule has 8 nitrogen and oxygen atoms in total. The number of amides is 2. The first-order valence-corrected chi connectivity index (χ1v) is 11.3. The van der Waals surface area contributed by atoms with Crippen molar-refractivity contribution in [2.24, 2.45) is 0 Å². The number of nitrogens with one attached hydrogen (secondary N) is 2. The Balaban J connectivity index is 1.41. The zero-order chi connectivity index (χ0) is 23.9. The normalized spacial score (nSPS) is 13.9. The number of hydrogen-bond acceptors (Lipinski definition) is 5. The van der Waals surface area contributed by atoms with E-state index in [1.54, 1.807) is 42.6 Å². The molecule has 2 heterocycles. The Morgan fingerprint density at radius 1 is 0.971 bits per heavy atom. The molecule has 1 saturated heterocycles. The maximum Gasteiger partial charge on any atom is 0.267 e. The van der Waals surface area contributed by atoms with E-state index in [0.717, 1.165) is 18.7 Å². The summed E-state index contributed by atoms with van der Waals surface area (Å²) in [6.07, 6.45) is 1.62. The molecule has 0 atom stereocenters. The van der Waals surface area contributed by atoms with Crippen LogP contribution in [-0.4, -0.2) is 60.7 Å². The minimum absolute atomic E-state index is 0.0845. The first kappa shape index (κ1) is 23.4. The van der Waals surface area contributed by atoms with Crippen LogP contribution in [0.5, 0.6) is 0 Å². The summed E-state index contributed by atoms with van der Waals surface area (Å²) in [5.41, 5.74) is 2.48. The van der Waals surface area contributed by atoms with Crippen molar-refractivity contribution < 1.29 is 14.3 Å². The van der Waals surface area contributed by atoms with E-state index in [4.69, 9.17) is 4.74 Å². The first-order valence-electron chi connectivity index (χ1n) is 11.3. The van der Waals surface area contributed by atoms with Crippen LogP contribution in [0.15, 0.2) is 71.7 Å². The Morgan fingerprint density at radius 3 is 2.47 bits per heavy atom. The van der Waals surface area contributed by atoms with Gasteiger partial charge in [0.25, 0.3) is 17.4 Å². The van der Waals surface area contributed by atoms with Gasteiger partial charge in [0.15, 0.2) is 0 Å². The van der Waals surface area contributed by atoms with Gasteiger partial charge in [-0.25, -0.2) is 0 Å². The van der Waals surface area contributed by atoms with Crippen molar-refractivity contribution in [1.29, 1.82) is 0 Å². The van der Waals surface area contributed by atoms with Gasteiger partial charge in [0.1, 0.15) is 5.56 Å². The van der Waals surface area contributed by atoms with E-state index >= 15 is 0 Å². The van der Waals surface area contributed by atoms with Gasteiger partial charge in [-0.15, -0.1) is 0 Å². The lowest BCUT2D eigenvalue weighted by atomic mass is 10.1. The highest BCUT2D eigenvalue weighted by atomic mass is 16.5. The number of carbonyl (C=O) groups is 2. The first-order chi connectivity index (χ1) is 16.5. The van der Waals surface area contributed by atoms with Crippen LogP contribution in [0.4, 0.5) is 5.69 Å². The molecule has 0 aliphatic carbocycles. The lowest BCUT2D eigenvalue weighted by Crippen LogP contribution is -2.42. The van der Waals surface area contributed by atoms with Gasteiger partial charge in [0.2, 0.25) is 0 Å². The third-order valence-corrected chi connectivity index (χ3v) is 5.69. The van der Waals surface area contributed by atoms with Crippen molar-refractivity contribution in [3.8, 4) is 5.69 Å². The number of aryl methyl sites for hydroxylation is 1. The molecule has 2 amide bonds. The summed E-state index contributed by atoms with van der Waals surface area (Å²) < 4.78 is 6.74. The molecule has 0 radical (unpaired) electrons. The number of rotatable bonds is 7. The van der Waals surface area contributed by atoms with Crippen molar-refractivity contribution in [3.05, 3.63) is 93.9 Å². The molecule has 1 aliphatic heterocycles. The molecule has 176 valence electrons. The summed E-state index contributed by atoms with van der Waals surface area (Å²) in [4.78, 5) is 40.2. The van der Waals surface area contributed by atoms with Crippen LogP contribution >= 0.6 is 0 Å². The average molecular weight is 461 g/mol. The molecule has 4 rings (SSSR count). The fourth-order valence-electron chi connectivity index (χ4n) is 3.81. The molecule has 0 spiro atoms. The summed E-state index contributed by atoms with van der Waals surface area (Å²) in [5.74, 6) is -0.598. The molecule has 0 bridgehead atoms. The molecule has 2 N–H and O–H groups in total. The smallest absolute Gasteiger partial charge is 0.267 e. The fourth-order valence-corrected chi connectivity index (χ4v) is 3.81. The number of benzene rings is 2. The van der Waals surface area contributed by atoms with Crippen LogP contribution in [-0.2, 0) is 4.74 Å². The van der Waals surface area contributed by atoms with E-state index in [2.05, 4.69) is 15.5 Å². The van der Waals surface area contributed by atoms with Gasteiger partial charge in [0, 0.05) is 49.3 Å². The van der Waals surface area contributed by atoms with E-state index in [0.29, 0.717) is 43.2 Å². The molecule has 0 unspecified atom stereocenters. The summed E-state index contributed by atoms with van der Waals surface area (Å²) in [5, 5.41) is 5.69. The quantitative estimate of drug-likeness (QED) is 0.565. The van der Waals surface area contributed by atoms with Gasteiger partial charge in [-0.3, -0.25) is 23.9 Å². The minimum atomic E-state index is -0.400. The van der Waals surface area contributed by atoms with Crippen molar-refractivity contribution in [2.75, 3.05) is 44.7 Å². The average Bonchev–Trinajstić information content (AvgIpc) is 2.85. The van der Waals surface area contributed by atoms with Crippen molar-refractivity contribution >= 4 is 17.5 Å². The Labute approximate surface area is 198 Å². The second-order valence-electron chi connectivity index (χ2n) is 8.18. The maximum atomic E-state index is 13.0. The highest BCUT2D eigenvalue weighted by molar-refractivity contribution is 6.04. The topological polar surface area (TPSA) is 92.7 Å². The van der Waals surface area contributed by atoms with Crippen LogP contribution < -0.4 is 16.2 Å². The number of morpholine rings is 1. The monoisotopic (exact) mass is 460 g/mol. The summed E-state index contributed by atoms with van der Waals surface area (Å²) in [6.45, 7) is 6.19. The zero-order valence-corrected chi connectivity index (χ0v) is 19.1. The van der Waals surface area contributed by atoms with Gasteiger partial charge < -0.3 is 15.4 Å². The van der Waals surface area contributed by atoms with Gasteiger partial charge in [-0.2, -0.15) is 0 Å². The number of aromatic nitrogens is 1. The molecule has 1 fully saturated rings. The van der Waals surface area contributed by atoms with Gasteiger partial charge in [-0.1, -0.05) is 17.7 Å². The third-order valence-electron chi connectivity index (χ3n) is 5.69. The summed E-state index contributed by atoms with van der Waals surface area (Å²) >= 11 is 0. The predicted octanol–water partition coefficient (Wildman–Crippen LogP) is 2.46. The Hall–Kier alpha value is -3.75. The van der Waals surface area contributed by atoms with E-state index < -0.39 is 11.5 Å². The van der Waals surface area contributed by atoms with E-state index in [9.17, 15) is 14.4 Å². The number of pyridine rings is 1. The molecule has 34 heavy (non-hydrogen) atoms. The number of ether oxygens (including phenoxy) is 1. The van der Waals surface area contributed by atoms with Crippen LogP contribution in [0.3, 0.4) is 0 Å². The lowest BCUT2D eigenvalue weighted by molar-refractivity contribution is 0.0383. The Morgan fingerprint density at radius 2 is 1.74 bits per heavy atom. The van der Waals surface area contributed by atoms with Crippen LogP contribution in [0.25, 0.3) is 5.69 Å². The Kier molecular flexibility index (Phi) is 7.51. The summed E-state index contributed by atoms with van der Waals surface area (Å²) in [6, 6.07) is 17.5. The summed E-state index contributed by atoms with van der Waals surface area (Å²) in [7, 11) is 0. The van der Waals surface area contributed by atoms with E-state index in [-0.39, 0.29) is 11.5 Å². The van der Waals surface area contributed by atoms with Crippen molar-refractivity contribution in [1.82, 2.24) is 14.8 Å². The SMILES string of the molecule is Cc1cccc(C(=O)Nc2ccc(-n3cccc(C(=O)NCCN4CCOCC4)c3=O)cc2)c1. The number of nitrogens with zero attached hydrogens (tertiary/aromatic N) is 2. The van der Waals surface area contributed by atoms with Crippen LogP contribution in [0, 0.1) is 6.92 Å². The maximum absolute atomic E-state index is 13.0. The molecular weight excluding hydrogens is 432 g/mol. The Bertz CT molecular complexity index is 1210. The van der Waals surface area contributed by atoms with E-state index in [1.807, 2.05) is 25.1 Å². The van der Waals surface area contributed by atoms with E-state index in [1.165, 1.54) is 10.6 Å². The highest BCUT2D eigenvalue weighted by Crippen LogP contribution is 2.14.